The van der Waals surface area contributed by atoms with Crippen molar-refractivity contribution in [2.45, 2.75) is 6.42 Å². The van der Waals surface area contributed by atoms with Crippen LogP contribution in [0.4, 0.5) is 0 Å². The van der Waals surface area contributed by atoms with Crippen molar-refractivity contribution in [3.63, 3.8) is 0 Å². The van der Waals surface area contributed by atoms with E-state index in [1.807, 2.05) is 47.9 Å². The molecule has 2 aromatic rings. The Morgan fingerprint density at radius 2 is 1.90 bits per heavy atom. The van der Waals surface area contributed by atoms with Gasteiger partial charge in [0, 0.05) is 0 Å². The molecule has 0 saturated heterocycles. The van der Waals surface area contributed by atoms with Crippen molar-refractivity contribution in [2.24, 2.45) is 5.84 Å². The highest BCUT2D eigenvalue weighted by atomic mass is 35.5. The van der Waals surface area contributed by atoms with Crippen LogP contribution in [0.15, 0.2) is 48.5 Å². The normalized spacial score (nSPS) is 10.1. The number of hydrogen-bond donors (Lipinski definition) is 2. The second-order valence-corrected chi connectivity index (χ2v) is 4.58. The Kier molecular flexibility index (Phi) is 4.98. The van der Waals surface area contributed by atoms with Gasteiger partial charge >= 0.3 is 0 Å². The minimum Gasteiger partial charge on any atom is -0.491 e. The monoisotopic (exact) mass is 290 g/mol. The van der Waals surface area contributed by atoms with Gasteiger partial charge in [0.05, 0.1) is 18.1 Å². The lowest BCUT2D eigenvalue weighted by atomic mass is 10.1. The first-order valence-electron chi connectivity index (χ1n) is 6.18. The Morgan fingerprint density at radius 1 is 1.15 bits per heavy atom. The molecule has 0 aromatic heterocycles. The number of benzene rings is 2. The van der Waals surface area contributed by atoms with E-state index in [0.29, 0.717) is 10.8 Å². The molecule has 3 N–H and O–H groups in total. The highest BCUT2D eigenvalue weighted by molar-refractivity contribution is 6.32. The van der Waals surface area contributed by atoms with Crippen molar-refractivity contribution in [1.82, 2.24) is 5.43 Å². The molecule has 0 bridgehead atoms. The fourth-order valence-electron chi connectivity index (χ4n) is 1.75. The maximum absolute atomic E-state index is 11.0. The number of amides is 1. The van der Waals surface area contributed by atoms with Gasteiger partial charge < -0.3 is 4.74 Å². The summed E-state index contributed by atoms with van der Waals surface area (Å²) in [7, 11) is 0. The number of hydrazine groups is 1. The summed E-state index contributed by atoms with van der Waals surface area (Å²) < 4.78 is 5.45. The second kappa shape index (κ2) is 6.93. The Labute approximate surface area is 122 Å². The van der Waals surface area contributed by atoms with E-state index in [-0.39, 0.29) is 18.9 Å². The molecule has 0 saturated carbocycles. The molecule has 0 spiro atoms. The van der Waals surface area contributed by atoms with E-state index < -0.39 is 0 Å². The Bertz CT molecular complexity index is 588. The van der Waals surface area contributed by atoms with E-state index in [2.05, 4.69) is 0 Å². The number of nitrogens with two attached hydrogens (primary N) is 1. The maximum atomic E-state index is 11.0. The SMILES string of the molecule is NNC(=O)CCOc1ccc(-c2ccccc2)cc1Cl. The highest BCUT2D eigenvalue weighted by Crippen LogP contribution is 2.30. The standard InChI is InChI=1S/C15H15ClN2O2/c16-13-10-12(11-4-2-1-3-5-11)6-7-14(13)20-9-8-15(19)18-17/h1-7,10H,8-9,17H2,(H,18,19). The third kappa shape index (κ3) is 3.73. The molecule has 20 heavy (non-hydrogen) atoms. The third-order valence-electron chi connectivity index (χ3n) is 2.79. The van der Waals surface area contributed by atoms with Gasteiger partial charge in [-0.25, -0.2) is 5.84 Å². The Morgan fingerprint density at radius 3 is 2.55 bits per heavy atom. The van der Waals surface area contributed by atoms with Crippen LogP contribution in [0.1, 0.15) is 6.42 Å². The number of rotatable bonds is 5. The molecule has 4 nitrogen and oxygen atoms in total. The minimum atomic E-state index is -0.276. The summed E-state index contributed by atoms with van der Waals surface area (Å²) in [6.45, 7) is 0.230. The first kappa shape index (κ1) is 14.4. The fourth-order valence-corrected chi connectivity index (χ4v) is 1.99. The second-order valence-electron chi connectivity index (χ2n) is 4.18. The molecule has 0 aliphatic rings. The van der Waals surface area contributed by atoms with Crippen LogP contribution in [0.25, 0.3) is 11.1 Å². The topological polar surface area (TPSA) is 64.3 Å². The Hall–Kier alpha value is -2.04. The first-order chi connectivity index (χ1) is 9.70. The summed E-state index contributed by atoms with van der Waals surface area (Å²) in [6.07, 6.45) is 0.188. The molecule has 2 aromatic carbocycles. The summed E-state index contributed by atoms with van der Waals surface area (Å²) in [5, 5.41) is 0.513. The van der Waals surface area contributed by atoms with Crippen molar-refractivity contribution in [2.75, 3.05) is 6.61 Å². The van der Waals surface area contributed by atoms with E-state index in [1.165, 1.54) is 0 Å². The molecule has 1 amide bonds. The van der Waals surface area contributed by atoms with Crippen LogP contribution in [-0.4, -0.2) is 12.5 Å². The van der Waals surface area contributed by atoms with Crippen LogP contribution < -0.4 is 16.0 Å². The van der Waals surface area contributed by atoms with E-state index in [4.69, 9.17) is 22.2 Å². The lowest BCUT2D eigenvalue weighted by Gasteiger charge is -2.09. The van der Waals surface area contributed by atoms with Gasteiger partial charge in [0.1, 0.15) is 5.75 Å². The van der Waals surface area contributed by atoms with Gasteiger partial charge in [-0.05, 0) is 23.3 Å². The number of carbonyl (C=O) groups is 1. The lowest BCUT2D eigenvalue weighted by Crippen LogP contribution is -2.31. The summed E-state index contributed by atoms with van der Waals surface area (Å²) in [5.41, 5.74) is 4.15. The molecular formula is C15H15ClN2O2. The molecular weight excluding hydrogens is 276 g/mol. The van der Waals surface area contributed by atoms with Crippen molar-refractivity contribution in [1.29, 1.82) is 0 Å². The van der Waals surface area contributed by atoms with Gasteiger partial charge in [-0.1, -0.05) is 48.0 Å². The van der Waals surface area contributed by atoms with Crippen LogP contribution in [0, 0.1) is 0 Å². The lowest BCUT2D eigenvalue weighted by molar-refractivity contribution is -0.121. The summed E-state index contributed by atoms with van der Waals surface area (Å²) >= 11 is 6.18. The molecule has 0 radical (unpaired) electrons. The molecule has 0 fully saturated rings. The smallest absolute Gasteiger partial charge is 0.237 e. The van der Waals surface area contributed by atoms with Crippen LogP contribution in [0.2, 0.25) is 5.02 Å². The number of carbonyl (C=O) groups excluding carboxylic acids is 1. The average Bonchev–Trinajstić information content (AvgIpc) is 2.49. The molecule has 0 aliphatic heterocycles. The van der Waals surface area contributed by atoms with Crippen LogP contribution in [0.5, 0.6) is 5.75 Å². The largest absolute Gasteiger partial charge is 0.491 e. The molecule has 5 heteroatoms. The van der Waals surface area contributed by atoms with Crippen molar-refractivity contribution < 1.29 is 9.53 Å². The van der Waals surface area contributed by atoms with Gasteiger partial charge in [0.25, 0.3) is 0 Å². The summed E-state index contributed by atoms with van der Waals surface area (Å²) in [6, 6.07) is 15.5. The zero-order valence-electron chi connectivity index (χ0n) is 10.8. The van der Waals surface area contributed by atoms with E-state index in [9.17, 15) is 4.79 Å². The molecule has 0 heterocycles. The van der Waals surface area contributed by atoms with Crippen molar-refractivity contribution in [3.05, 3.63) is 53.6 Å². The van der Waals surface area contributed by atoms with Gasteiger partial charge in [0.2, 0.25) is 5.91 Å². The predicted molar refractivity (Wildman–Crippen MR) is 79.3 cm³/mol. The minimum absolute atomic E-state index is 0.188. The molecule has 2 rings (SSSR count). The molecule has 0 unspecified atom stereocenters. The quantitative estimate of drug-likeness (QED) is 0.505. The third-order valence-corrected chi connectivity index (χ3v) is 3.08. The summed E-state index contributed by atoms with van der Waals surface area (Å²) in [4.78, 5) is 11.0. The zero-order valence-corrected chi connectivity index (χ0v) is 11.6. The first-order valence-corrected chi connectivity index (χ1v) is 6.55. The summed E-state index contributed by atoms with van der Waals surface area (Å²) in [5.74, 6) is 5.26. The number of hydrogen-bond acceptors (Lipinski definition) is 3. The van der Waals surface area contributed by atoms with E-state index in [0.717, 1.165) is 11.1 Å². The highest BCUT2D eigenvalue weighted by Gasteiger charge is 2.06. The zero-order chi connectivity index (χ0) is 14.4. The number of nitrogens with one attached hydrogen (secondary N) is 1. The van der Waals surface area contributed by atoms with Crippen molar-refractivity contribution >= 4 is 17.5 Å². The van der Waals surface area contributed by atoms with Crippen LogP contribution >= 0.6 is 11.6 Å². The molecule has 104 valence electrons. The van der Waals surface area contributed by atoms with E-state index in [1.54, 1.807) is 6.07 Å². The van der Waals surface area contributed by atoms with Crippen molar-refractivity contribution in [3.8, 4) is 16.9 Å². The van der Waals surface area contributed by atoms with Gasteiger partial charge in [-0.2, -0.15) is 0 Å². The van der Waals surface area contributed by atoms with E-state index >= 15 is 0 Å². The molecule has 0 aliphatic carbocycles. The van der Waals surface area contributed by atoms with Gasteiger partial charge in [-0.3, -0.25) is 10.2 Å². The van der Waals surface area contributed by atoms with Gasteiger partial charge in [0.15, 0.2) is 0 Å². The predicted octanol–water partition coefficient (Wildman–Crippen LogP) is 2.77. The average molecular weight is 291 g/mol. The fraction of sp³-hybridized carbons (Fsp3) is 0.133. The van der Waals surface area contributed by atoms with Gasteiger partial charge in [-0.15, -0.1) is 0 Å². The van der Waals surface area contributed by atoms with Crippen LogP contribution in [-0.2, 0) is 4.79 Å². The number of ether oxygens (including phenoxy) is 1. The Balaban J connectivity index is 2.05. The maximum Gasteiger partial charge on any atom is 0.237 e. The molecule has 0 atom stereocenters. The number of halogens is 1. The van der Waals surface area contributed by atoms with Crippen LogP contribution in [0.3, 0.4) is 0 Å².